The lowest BCUT2D eigenvalue weighted by Gasteiger charge is -2.39. The van der Waals surface area contributed by atoms with E-state index in [4.69, 9.17) is 5.80 Å². The number of thioether (sulfide) groups is 1. The van der Waals surface area contributed by atoms with E-state index in [0.717, 1.165) is 5.56 Å². The van der Waals surface area contributed by atoms with Gasteiger partial charge in [0, 0.05) is 0 Å². The van der Waals surface area contributed by atoms with E-state index in [0.29, 0.717) is 0 Å². The molecule has 3 heteroatoms. The lowest BCUT2D eigenvalue weighted by molar-refractivity contribution is 0.266. The Bertz CT molecular complexity index is 389. The molecule has 1 nitrogen and oxygen atoms in total. The zero-order valence-electron chi connectivity index (χ0n) is 12.7. The predicted molar refractivity (Wildman–Crippen MR) is 81.0 cm³/mol. The summed E-state index contributed by atoms with van der Waals surface area (Å²) in [6.07, 6.45) is 1.94. The molecule has 0 heterocycles. The standard InChI is InChI=1S/C14H24OSSi/c1-14(2,3)17(5,6)15-13(16-4)12-10-8-7-9-11-12/h7-11,13H,1-6H3/i13D. The highest BCUT2D eigenvalue weighted by atomic mass is 32.2. The lowest BCUT2D eigenvalue weighted by Crippen LogP contribution is -2.41. The van der Waals surface area contributed by atoms with Crippen LogP contribution in [0.25, 0.3) is 0 Å². The smallest absolute Gasteiger partial charge is 0.194 e. The van der Waals surface area contributed by atoms with Gasteiger partial charge in [-0.15, -0.1) is 11.8 Å². The van der Waals surface area contributed by atoms with Gasteiger partial charge in [0.1, 0.15) is 5.41 Å². The molecule has 0 aliphatic heterocycles. The molecule has 1 aromatic carbocycles. The molecule has 1 atom stereocenters. The van der Waals surface area contributed by atoms with Gasteiger partial charge in [0.25, 0.3) is 0 Å². The highest BCUT2D eigenvalue weighted by Gasteiger charge is 2.39. The van der Waals surface area contributed by atoms with E-state index in [1.165, 1.54) is 11.8 Å². The predicted octanol–water partition coefficient (Wildman–Crippen LogP) is 5.07. The van der Waals surface area contributed by atoms with Crippen LogP contribution in [-0.4, -0.2) is 14.6 Å². The van der Waals surface area contributed by atoms with Gasteiger partial charge in [-0.3, -0.25) is 0 Å². The maximum atomic E-state index is 8.62. The van der Waals surface area contributed by atoms with E-state index >= 15 is 0 Å². The molecule has 0 bridgehead atoms. The van der Waals surface area contributed by atoms with Crippen molar-refractivity contribution in [2.45, 2.75) is 44.3 Å². The van der Waals surface area contributed by atoms with Crippen molar-refractivity contribution in [1.82, 2.24) is 0 Å². The van der Waals surface area contributed by atoms with Crippen LogP contribution in [0, 0.1) is 0 Å². The fraction of sp³-hybridized carbons (Fsp3) is 0.571. The topological polar surface area (TPSA) is 9.23 Å². The quantitative estimate of drug-likeness (QED) is 0.557. The number of rotatable bonds is 4. The molecular formula is C14H24OSSi. The van der Waals surface area contributed by atoms with Crippen LogP contribution in [0.5, 0.6) is 0 Å². The van der Waals surface area contributed by atoms with Gasteiger partial charge in [0.2, 0.25) is 0 Å². The van der Waals surface area contributed by atoms with Gasteiger partial charge in [-0.1, -0.05) is 51.1 Å². The first-order chi connectivity index (χ1) is 8.12. The first-order valence-corrected chi connectivity index (χ1v) is 10.1. The number of benzene rings is 1. The normalized spacial score (nSPS) is 17.4. The summed E-state index contributed by atoms with van der Waals surface area (Å²) >= 11 is 1.45. The second kappa shape index (κ2) is 5.59. The molecule has 17 heavy (non-hydrogen) atoms. The molecule has 96 valence electrons. The van der Waals surface area contributed by atoms with E-state index in [1.54, 1.807) is 0 Å². The maximum absolute atomic E-state index is 8.62. The molecule has 0 aromatic heterocycles. The van der Waals surface area contributed by atoms with Crippen LogP contribution in [0.3, 0.4) is 0 Å². The van der Waals surface area contributed by atoms with Crippen LogP contribution in [0.2, 0.25) is 18.1 Å². The van der Waals surface area contributed by atoms with E-state index in [9.17, 15) is 0 Å². The largest absolute Gasteiger partial charge is 0.401 e. The van der Waals surface area contributed by atoms with Crippen molar-refractivity contribution in [3.8, 4) is 0 Å². The molecule has 1 aromatic rings. The Morgan fingerprint density at radius 2 is 1.76 bits per heavy atom. The minimum atomic E-state index is -1.95. The van der Waals surface area contributed by atoms with Crippen molar-refractivity contribution in [1.29, 1.82) is 0 Å². The highest BCUT2D eigenvalue weighted by molar-refractivity contribution is 7.98. The minimum absolute atomic E-state index is 0.115. The van der Waals surface area contributed by atoms with Gasteiger partial charge >= 0.3 is 0 Å². The average Bonchev–Trinajstić information content (AvgIpc) is 2.28. The fourth-order valence-electron chi connectivity index (χ4n) is 1.18. The van der Waals surface area contributed by atoms with E-state index in [2.05, 4.69) is 33.9 Å². The summed E-state index contributed by atoms with van der Waals surface area (Å²) in [5.74, 6) is 0. The van der Waals surface area contributed by atoms with Crippen LogP contribution >= 0.6 is 11.8 Å². The molecule has 0 spiro atoms. The first-order valence-electron chi connectivity index (χ1n) is 6.43. The molecular weight excluding hydrogens is 244 g/mol. The Morgan fingerprint density at radius 3 is 2.18 bits per heavy atom. The van der Waals surface area contributed by atoms with Crippen molar-refractivity contribution < 1.29 is 5.80 Å². The van der Waals surface area contributed by atoms with Crippen molar-refractivity contribution in [2.24, 2.45) is 0 Å². The van der Waals surface area contributed by atoms with Gasteiger partial charge in [-0.25, -0.2) is 0 Å². The van der Waals surface area contributed by atoms with Gasteiger partial charge in [0.05, 0.1) is 1.37 Å². The summed E-state index contributed by atoms with van der Waals surface area (Å²) in [7, 11) is -1.95. The Labute approximate surface area is 112 Å². The van der Waals surface area contributed by atoms with E-state index in [1.807, 2.05) is 36.6 Å². The SMILES string of the molecule is [2H]C(O[Si](C)(C)C(C)(C)C)(SC)c1ccccc1. The third-order valence-electron chi connectivity index (χ3n) is 3.35. The van der Waals surface area contributed by atoms with E-state index in [-0.39, 0.29) is 5.04 Å². The molecule has 1 rings (SSSR count). The van der Waals surface area contributed by atoms with Crippen molar-refractivity contribution in [2.75, 3.05) is 6.26 Å². The number of hydrogen-bond acceptors (Lipinski definition) is 2. The van der Waals surface area contributed by atoms with Crippen LogP contribution in [0.1, 0.15) is 33.1 Å². The average molecular weight is 270 g/mol. The summed E-state index contributed by atoms with van der Waals surface area (Å²) in [4.78, 5) is 0. The van der Waals surface area contributed by atoms with Crippen LogP contribution in [0.15, 0.2) is 30.3 Å². The Morgan fingerprint density at radius 1 is 1.24 bits per heavy atom. The van der Waals surface area contributed by atoms with E-state index < -0.39 is 13.7 Å². The van der Waals surface area contributed by atoms with Gasteiger partial charge in [0.15, 0.2) is 8.32 Å². The van der Waals surface area contributed by atoms with Crippen LogP contribution < -0.4 is 0 Å². The zero-order chi connectivity index (χ0) is 14.0. The lowest BCUT2D eigenvalue weighted by atomic mass is 10.2. The second-order valence-electron chi connectivity index (χ2n) is 5.72. The molecule has 0 aliphatic carbocycles. The summed E-state index contributed by atoms with van der Waals surface area (Å²) in [6, 6.07) is 9.83. The van der Waals surface area contributed by atoms with Crippen LogP contribution in [-0.2, 0) is 4.43 Å². The van der Waals surface area contributed by atoms with Crippen molar-refractivity contribution >= 4 is 20.1 Å². The van der Waals surface area contributed by atoms with Gasteiger partial charge in [-0.2, -0.15) is 0 Å². The molecule has 0 saturated carbocycles. The molecule has 0 radical (unpaired) electrons. The summed E-state index contributed by atoms with van der Waals surface area (Å²) in [6.45, 7) is 11.0. The molecule has 1 unspecified atom stereocenters. The molecule has 0 saturated heterocycles. The Hall–Kier alpha value is -0.253. The maximum Gasteiger partial charge on any atom is 0.194 e. The van der Waals surface area contributed by atoms with Crippen LogP contribution in [0.4, 0.5) is 0 Å². The third-order valence-corrected chi connectivity index (χ3v) is 8.51. The fourth-order valence-corrected chi connectivity index (χ4v) is 3.40. The summed E-state index contributed by atoms with van der Waals surface area (Å²) in [5.41, 5.74) is -0.0770. The first kappa shape index (κ1) is 13.2. The summed E-state index contributed by atoms with van der Waals surface area (Å²) < 4.78 is 14.9. The van der Waals surface area contributed by atoms with Crippen molar-refractivity contribution in [3.05, 3.63) is 35.9 Å². The van der Waals surface area contributed by atoms with Crippen molar-refractivity contribution in [3.63, 3.8) is 0 Å². The monoisotopic (exact) mass is 269 g/mol. The Balaban J connectivity index is 3.05. The molecule has 0 amide bonds. The second-order valence-corrected chi connectivity index (χ2v) is 11.2. The zero-order valence-corrected chi connectivity index (χ0v) is 13.5. The summed E-state index contributed by atoms with van der Waals surface area (Å²) in [5, 5.41) is 0.115. The van der Waals surface area contributed by atoms with Gasteiger partial charge < -0.3 is 4.43 Å². The molecule has 0 fully saturated rings. The number of hydrogen-bond donors (Lipinski definition) is 0. The highest BCUT2D eigenvalue weighted by Crippen LogP contribution is 2.42. The van der Waals surface area contributed by atoms with Gasteiger partial charge in [-0.05, 0) is 30.0 Å². The third kappa shape index (κ3) is 3.87. The molecule has 0 N–H and O–H groups in total. The Kier molecular flexibility index (Phi) is 4.34. The minimum Gasteiger partial charge on any atom is -0.401 e. The molecule has 0 aliphatic rings.